The third-order valence-corrected chi connectivity index (χ3v) is 3.86. The quantitative estimate of drug-likeness (QED) is 0.721. The van der Waals surface area contributed by atoms with Gasteiger partial charge in [0.25, 0.3) is 5.91 Å². The molecule has 3 heteroatoms. The van der Waals surface area contributed by atoms with E-state index in [2.05, 4.69) is 19.9 Å². The van der Waals surface area contributed by atoms with Gasteiger partial charge in [0.2, 0.25) is 0 Å². The standard InChI is InChI=1S/C13H17NOS/c1-10(2)11-5-7-14(8-6-11)13(15)12-4-3-9-16-12/h3-5,9-10H,6-8H2,1-2H3. The Hall–Kier alpha value is -1.09. The van der Waals surface area contributed by atoms with Crippen molar-refractivity contribution in [3.05, 3.63) is 34.0 Å². The number of thiophene rings is 1. The molecule has 16 heavy (non-hydrogen) atoms. The minimum atomic E-state index is 0.175. The molecule has 1 aromatic heterocycles. The Balaban J connectivity index is 2.02. The first-order valence-electron chi connectivity index (χ1n) is 5.70. The van der Waals surface area contributed by atoms with Crippen molar-refractivity contribution in [2.45, 2.75) is 20.3 Å². The molecule has 2 rings (SSSR count). The lowest BCUT2D eigenvalue weighted by atomic mass is 9.97. The third kappa shape index (κ3) is 2.35. The van der Waals surface area contributed by atoms with E-state index in [9.17, 15) is 4.79 Å². The first-order valence-corrected chi connectivity index (χ1v) is 6.58. The number of hydrogen-bond donors (Lipinski definition) is 0. The van der Waals surface area contributed by atoms with Gasteiger partial charge in [-0.05, 0) is 23.8 Å². The molecule has 0 N–H and O–H groups in total. The van der Waals surface area contributed by atoms with Crippen molar-refractivity contribution >= 4 is 17.2 Å². The zero-order valence-electron chi connectivity index (χ0n) is 9.77. The molecule has 2 heterocycles. The highest BCUT2D eigenvalue weighted by atomic mass is 32.1. The lowest BCUT2D eigenvalue weighted by Crippen LogP contribution is -2.34. The molecule has 2 nitrogen and oxygen atoms in total. The van der Waals surface area contributed by atoms with Crippen LogP contribution in [0.3, 0.4) is 0 Å². The fraction of sp³-hybridized carbons (Fsp3) is 0.462. The molecule has 86 valence electrons. The van der Waals surface area contributed by atoms with E-state index in [1.165, 1.54) is 16.9 Å². The molecular weight excluding hydrogens is 218 g/mol. The van der Waals surface area contributed by atoms with E-state index < -0.39 is 0 Å². The number of carbonyl (C=O) groups excluding carboxylic acids is 1. The predicted octanol–water partition coefficient (Wildman–Crippen LogP) is 3.18. The molecule has 1 aliphatic rings. The zero-order chi connectivity index (χ0) is 11.5. The fourth-order valence-corrected chi connectivity index (χ4v) is 2.64. The van der Waals surface area contributed by atoms with Crippen LogP contribution in [-0.4, -0.2) is 23.9 Å². The maximum Gasteiger partial charge on any atom is 0.264 e. The van der Waals surface area contributed by atoms with Crippen LogP contribution in [0, 0.1) is 5.92 Å². The van der Waals surface area contributed by atoms with Crippen LogP contribution in [0.15, 0.2) is 29.2 Å². The van der Waals surface area contributed by atoms with Crippen molar-refractivity contribution in [3.8, 4) is 0 Å². The van der Waals surface area contributed by atoms with Crippen LogP contribution >= 0.6 is 11.3 Å². The largest absolute Gasteiger partial charge is 0.334 e. The van der Waals surface area contributed by atoms with Gasteiger partial charge in [-0.2, -0.15) is 0 Å². The molecule has 1 aromatic rings. The van der Waals surface area contributed by atoms with E-state index >= 15 is 0 Å². The minimum absolute atomic E-state index is 0.175. The molecule has 0 spiro atoms. The van der Waals surface area contributed by atoms with Gasteiger partial charge >= 0.3 is 0 Å². The number of carbonyl (C=O) groups is 1. The second kappa shape index (κ2) is 4.83. The van der Waals surface area contributed by atoms with Crippen LogP contribution in [-0.2, 0) is 0 Å². The monoisotopic (exact) mass is 235 g/mol. The molecule has 0 aromatic carbocycles. The van der Waals surface area contributed by atoms with Gasteiger partial charge in [0.15, 0.2) is 0 Å². The van der Waals surface area contributed by atoms with Crippen molar-refractivity contribution < 1.29 is 4.79 Å². The van der Waals surface area contributed by atoms with Crippen LogP contribution in [0.1, 0.15) is 29.9 Å². The van der Waals surface area contributed by atoms with Crippen molar-refractivity contribution in [2.24, 2.45) is 5.92 Å². The zero-order valence-corrected chi connectivity index (χ0v) is 10.6. The first-order chi connectivity index (χ1) is 7.68. The number of hydrogen-bond acceptors (Lipinski definition) is 2. The van der Waals surface area contributed by atoms with E-state index in [0.717, 1.165) is 24.4 Å². The Morgan fingerprint density at radius 1 is 1.50 bits per heavy atom. The van der Waals surface area contributed by atoms with Crippen LogP contribution < -0.4 is 0 Å². The van der Waals surface area contributed by atoms with Gasteiger partial charge in [0.1, 0.15) is 0 Å². The van der Waals surface area contributed by atoms with Gasteiger partial charge in [0, 0.05) is 13.1 Å². The SMILES string of the molecule is CC(C)C1=CCN(C(=O)c2cccs2)CC1. The smallest absolute Gasteiger partial charge is 0.264 e. The predicted molar refractivity (Wildman–Crippen MR) is 67.8 cm³/mol. The summed E-state index contributed by atoms with van der Waals surface area (Å²) in [5.74, 6) is 0.785. The molecule has 0 aliphatic carbocycles. The van der Waals surface area contributed by atoms with Crippen molar-refractivity contribution in [1.29, 1.82) is 0 Å². The maximum absolute atomic E-state index is 12.0. The van der Waals surface area contributed by atoms with Gasteiger partial charge in [-0.3, -0.25) is 4.79 Å². The van der Waals surface area contributed by atoms with E-state index in [1.807, 2.05) is 22.4 Å². The van der Waals surface area contributed by atoms with E-state index in [0.29, 0.717) is 5.92 Å². The topological polar surface area (TPSA) is 20.3 Å². The van der Waals surface area contributed by atoms with Crippen LogP contribution in [0.4, 0.5) is 0 Å². The second-order valence-electron chi connectivity index (χ2n) is 4.41. The summed E-state index contributed by atoms with van der Waals surface area (Å²) < 4.78 is 0. The van der Waals surface area contributed by atoms with Gasteiger partial charge in [-0.1, -0.05) is 31.6 Å². The van der Waals surface area contributed by atoms with Crippen LogP contribution in [0.2, 0.25) is 0 Å². The molecule has 0 saturated heterocycles. The summed E-state index contributed by atoms with van der Waals surface area (Å²) in [6.07, 6.45) is 3.23. The van der Waals surface area contributed by atoms with Crippen molar-refractivity contribution in [3.63, 3.8) is 0 Å². The van der Waals surface area contributed by atoms with Crippen molar-refractivity contribution in [2.75, 3.05) is 13.1 Å². The van der Waals surface area contributed by atoms with Gasteiger partial charge in [0.05, 0.1) is 4.88 Å². The molecular formula is C13H17NOS. The van der Waals surface area contributed by atoms with Crippen molar-refractivity contribution in [1.82, 2.24) is 4.90 Å². The van der Waals surface area contributed by atoms with Gasteiger partial charge < -0.3 is 4.90 Å². The molecule has 0 saturated carbocycles. The lowest BCUT2D eigenvalue weighted by molar-refractivity contribution is 0.0772. The normalized spacial score (nSPS) is 16.4. The van der Waals surface area contributed by atoms with E-state index in [-0.39, 0.29) is 5.91 Å². The minimum Gasteiger partial charge on any atom is -0.334 e. The average Bonchev–Trinajstić information content (AvgIpc) is 2.81. The average molecular weight is 235 g/mol. The Bertz CT molecular complexity index is 392. The Morgan fingerprint density at radius 2 is 2.31 bits per heavy atom. The number of amides is 1. The summed E-state index contributed by atoms with van der Waals surface area (Å²) in [5, 5.41) is 1.95. The number of nitrogens with zero attached hydrogens (tertiary/aromatic N) is 1. The van der Waals surface area contributed by atoms with Crippen LogP contribution in [0.25, 0.3) is 0 Å². The van der Waals surface area contributed by atoms with Gasteiger partial charge in [-0.15, -0.1) is 11.3 Å². The summed E-state index contributed by atoms with van der Waals surface area (Å²) >= 11 is 1.52. The lowest BCUT2D eigenvalue weighted by Gasteiger charge is -2.27. The highest BCUT2D eigenvalue weighted by molar-refractivity contribution is 7.12. The van der Waals surface area contributed by atoms with E-state index in [4.69, 9.17) is 0 Å². The Kier molecular flexibility index (Phi) is 3.44. The molecule has 0 unspecified atom stereocenters. The van der Waals surface area contributed by atoms with Crippen LogP contribution in [0.5, 0.6) is 0 Å². The highest BCUT2D eigenvalue weighted by Crippen LogP contribution is 2.21. The fourth-order valence-electron chi connectivity index (χ4n) is 1.95. The summed E-state index contributed by atoms with van der Waals surface area (Å²) in [4.78, 5) is 14.8. The first kappa shape index (κ1) is 11.4. The summed E-state index contributed by atoms with van der Waals surface area (Å²) in [6, 6.07) is 3.83. The summed E-state index contributed by atoms with van der Waals surface area (Å²) in [6.45, 7) is 6.05. The molecule has 0 fully saturated rings. The molecule has 1 amide bonds. The van der Waals surface area contributed by atoms with Gasteiger partial charge in [-0.25, -0.2) is 0 Å². The molecule has 1 aliphatic heterocycles. The second-order valence-corrected chi connectivity index (χ2v) is 5.36. The third-order valence-electron chi connectivity index (χ3n) is 3.01. The van der Waals surface area contributed by atoms with E-state index in [1.54, 1.807) is 0 Å². The molecule has 0 atom stereocenters. The maximum atomic E-state index is 12.0. The highest BCUT2D eigenvalue weighted by Gasteiger charge is 2.19. The summed E-state index contributed by atoms with van der Waals surface area (Å²) in [7, 11) is 0. The molecule has 0 radical (unpaired) electrons. The number of rotatable bonds is 2. The Labute approximate surface area is 101 Å². The Morgan fingerprint density at radius 3 is 2.81 bits per heavy atom. The molecule has 0 bridgehead atoms. The summed E-state index contributed by atoms with van der Waals surface area (Å²) in [5.41, 5.74) is 1.48.